The van der Waals surface area contributed by atoms with Gasteiger partial charge < -0.3 is 10.1 Å². The molecular formula is C11H20BrNO2. The Morgan fingerprint density at radius 1 is 1.60 bits per heavy atom. The maximum Gasteiger partial charge on any atom is 0.249 e. The summed E-state index contributed by atoms with van der Waals surface area (Å²) < 4.78 is 5.42. The molecule has 1 heterocycles. The van der Waals surface area contributed by atoms with E-state index in [1.54, 1.807) is 0 Å². The Morgan fingerprint density at radius 2 is 2.27 bits per heavy atom. The van der Waals surface area contributed by atoms with Crippen LogP contribution in [0, 0.1) is 11.8 Å². The van der Waals surface area contributed by atoms with Gasteiger partial charge in [0.1, 0.15) is 6.10 Å². The van der Waals surface area contributed by atoms with Gasteiger partial charge in [0.2, 0.25) is 5.91 Å². The van der Waals surface area contributed by atoms with Gasteiger partial charge in [-0.3, -0.25) is 4.79 Å². The highest BCUT2D eigenvalue weighted by molar-refractivity contribution is 9.09. The fraction of sp³-hybridized carbons (Fsp3) is 0.909. The Kier molecular flexibility index (Phi) is 5.06. The minimum Gasteiger partial charge on any atom is -0.368 e. The number of halogens is 1. The summed E-state index contributed by atoms with van der Waals surface area (Å²) in [6.07, 6.45) is 0.746. The van der Waals surface area contributed by atoms with E-state index in [9.17, 15) is 4.79 Å². The molecule has 0 aromatic heterocycles. The topological polar surface area (TPSA) is 38.3 Å². The maximum absolute atomic E-state index is 11.8. The predicted octanol–water partition coefficient (Wildman–Crippen LogP) is 1.95. The summed E-state index contributed by atoms with van der Waals surface area (Å²) in [6, 6.07) is 0.188. The van der Waals surface area contributed by atoms with Crippen LogP contribution in [0.25, 0.3) is 0 Å². The van der Waals surface area contributed by atoms with Crippen LogP contribution in [-0.2, 0) is 9.53 Å². The van der Waals surface area contributed by atoms with E-state index in [1.165, 1.54) is 0 Å². The molecule has 4 unspecified atom stereocenters. The van der Waals surface area contributed by atoms with Gasteiger partial charge in [-0.2, -0.15) is 0 Å². The van der Waals surface area contributed by atoms with Gasteiger partial charge >= 0.3 is 0 Å². The Hall–Kier alpha value is -0.0900. The van der Waals surface area contributed by atoms with Gasteiger partial charge in [0.05, 0.1) is 0 Å². The van der Waals surface area contributed by atoms with E-state index in [-0.39, 0.29) is 18.1 Å². The van der Waals surface area contributed by atoms with Crippen LogP contribution in [0.5, 0.6) is 0 Å². The molecule has 0 aliphatic carbocycles. The molecular weight excluding hydrogens is 258 g/mol. The Morgan fingerprint density at radius 3 is 2.73 bits per heavy atom. The normalized spacial score (nSPS) is 29.9. The Labute approximate surface area is 100 Å². The summed E-state index contributed by atoms with van der Waals surface area (Å²) in [5, 5.41) is 3.91. The summed E-state index contributed by atoms with van der Waals surface area (Å²) in [6.45, 7) is 6.92. The first-order chi connectivity index (χ1) is 7.06. The maximum atomic E-state index is 11.8. The number of amides is 1. The molecule has 1 saturated heterocycles. The number of carbonyl (C=O) groups is 1. The zero-order valence-corrected chi connectivity index (χ0v) is 11.2. The van der Waals surface area contributed by atoms with Crippen LogP contribution in [-0.4, -0.2) is 30.0 Å². The van der Waals surface area contributed by atoms with Crippen molar-refractivity contribution in [1.29, 1.82) is 0 Å². The zero-order chi connectivity index (χ0) is 11.4. The Balaban J connectivity index is 2.41. The van der Waals surface area contributed by atoms with Crippen LogP contribution < -0.4 is 5.32 Å². The average Bonchev–Trinajstić information content (AvgIpc) is 2.63. The molecule has 0 aromatic rings. The third-order valence-corrected chi connectivity index (χ3v) is 4.13. The first-order valence-corrected chi connectivity index (χ1v) is 6.66. The van der Waals surface area contributed by atoms with Gasteiger partial charge in [-0.1, -0.05) is 29.8 Å². The number of carbonyl (C=O) groups excluding carboxylic acids is 1. The summed E-state index contributed by atoms with van der Waals surface area (Å²) in [5.74, 6) is 0.822. The van der Waals surface area contributed by atoms with E-state index in [0.717, 1.165) is 11.8 Å². The number of alkyl halides is 1. The van der Waals surface area contributed by atoms with Gasteiger partial charge in [-0.05, 0) is 25.2 Å². The van der Waals surface area contributed by atoms with Crippen molar-refractivity contribution in [3.63, 3.8) is 0 Å². The van der Waals surface area contributed by atoms with Crippen LogP contribution in [0.15, 0.2) is 0 Å². The molecule has 1 aliphatic rings. The fourth-order valence-corrected chi connectivity index (χ4v) is 2.17. The minimum absolute atomic E-state index is 0.0419. The van der Waals surface area contributed by atoms with Gasteiger partial charge in [-0.15, -0.1) is 0 Å². The molecule has 1 amide bonds. The molecule has 3 nitrogen and oxygen atoms in total. The van der Waals surface area contributed by atoms with E-state index in [0.29, 0.717) is 18.4 Å². The smallest absolute Gasteiger partial charge is 0.249 e. The van der Waals surface area contributed by atoms with Crippen molar-refractivity contribution in [3.8, 4) is 0 Å². The highest BCUT2D eigenvalue weighted by Crippen LogP contribution is 2.20. The molecule has 0 aromatic carbocycles. The van der Waals surface area contributed by atoms with Gasteiger partial charge in [0, 0.05) is 18.0 Å². The molecule has 0 bridgehead atoms. The van der Waals surface area contributed by atoms with Crippen molar-refractivity contribution >= 4 is 21.8 Å². The van der Waals surface area contributed by atoms with Crippen molar-refractivity contribution in [2.24, 2.45) is 11.8 Å². The molecule has 1 rings (SSSR count). The Bertz CT molecular complexity index is 223. The quantitative estimate of drug-likeness (QED) is 0.798. The third kappa shape index (κ3) is 3.45. The zero-order valence-electron chi connectivity index (χ0n) is 9.63. The summed E-state index contributed by atoms with van der Waals surface area (Å²) in [7, 11) is 0. The van der Waals surface area contributed by atoms with Crippen LogP contribution in [0.3, 0.4) is 0 Å². The average molecular weight is 278 g/mol. The number of rotatable bonds is 4. The molecule has 0 spiro atoms. The second-order valence-corrected chi connectivity index (χ2v) is 5.13. The van der Waals surface area contributed by atoms with Crippen molar-refractivity contribution in [1.82, 2.24) is 5.32 Å². The molecule has 0 saturated carbocycles. The van der Waals surface area contributed by atoms with E-state index in [2.05, 4.69) is 35.1 Å². The number of nitrogens with one attached hydrogen (secondary N) is 1. The predicted molar refractivity (Wildman–Crippen MR) is 64.1 cm³/mol. The number of hydrogen-bond donors (Lipinski definition) is 1. The second kappa shape index (κ2) is 5.85. The van der Waals surface area contributed by atoms with Crippen molar-refractivity contribution in [2.75, 3.05) is 11.9 Å². The van der Waals surface area contributed by atoms with E-state index >= 15 is 0 Å². The van der Waals surface area contributed by atoms with Crippen molar-refractivity contribution < 1.29 is 9.53 Å². The van der Waals surface area contributed by atoms with Crippen molar-refractivity contribution in [3.05, 3.63) is 0 Å². The highest BCUT2D eigenvalue weighted by atomic mass is 79.9. The van der Waals surface area contributed by atoms with Crippen LogP contribution >= 0.6 is 15.9 Å². The summed E-state index contributed by atoms with van der Waals surface area (Å²) in [5.41, 5.74) is 0. The third-order valence-electron chi connectivity index (χ3n) is 3.11. The fourth-order valence-electron chi connectivity index (χ4n) is 1.61. The van der Waals surface area contributed by atoms with E-state index < -0.39 is 0 Å². The monoisotopic (exact) mass is 277 g/mol. The largest absolute Gasteiger partial charge is 0.368 e. The second-order valence-electron chi connectivity index (χ2n) is 4.49. The standard InChI is InChI=1S/C11H20BrNO2/c1-7-4-5-15-10(7)11(14)13-9(3)8(2)6-12/h7-10H,4-6H2,1-3H3,(H,13,14). The van der Waals surface area contributed by atoms with Gasteiger partial charge in [0.15, 0.2) is 0 Å². The molecule has 0 radical (unpaired) electrons. The van der Waals surface area contributed by atoms with Crippen LogP contribution in [0.2, 0.25) is 0 Å². The molecule has 88 valence electrons. The van der Waals surface area contributed by atoms with E-state index in [4.69, 9.17) is 4.74 Å². The van der Waals surface area contributed by atoms with E-state index in [1.807, 2.05) is 6.92 Å². The molecule has 4 atom stereocenters. The lowest BCUT2D eigenvalue weighted by Gasteiger charge is -2.22. The SMILES string of the molecule is CC(CBr)C(C)NC(=O)C1OCCC1C. The lowest BCUT2D eigenvalue weighted by atomic mass is 10.0. The number of ether oxygens (including phenoxy) is 1. The minimum atomic E-state index is -0.241. The number of hydrogen-bond acceptors (Lipinski definition) is 2. The molecule has 4 heteroatoms. The van der Waals surface area contributed by atoms with Crippen LogP contribution in [0.4, 0.5) is 0 Å². The van der Waals surface area contributed by atoms with Crippen LogP contribution in [0.1, 0.15) is 27.2 Å². The highest BCUT2D eigenvalue weighted by Gasteiger charge is 2.31. The van der Waals surface area contributed by atoms with Gasteiger partial charge in [-0.25, -0.2) is 0 Å². The lowest BCUT2D eigenvalue weighted by molar-refractivity contribution is -0.132. The summed E-state index contributed by atoms with van der Waals surface area (Å²) >= 11 is 3.42. The van der Waals surface area contributed by atoms with Crippen molar-refractivity contribution in [2.45, 2.75) is 39.3 Å². The lowest BCUT2D eigenvalue weighted by Crippen LogP contribution is -2.44. The molecule has 1 N–H and O–H groups in total. The van der Waals surface area contributed by atoms with Gasteiger partial charge in [0.25, 0.3) is 0 Å². The molecule has 1 fully saturated rings. The summed E-state index contributed by atoms with van der Waals surface area (Å²) in [4.78, 5) is 11.8. The molecule has 1 aliphatic heterocycles. The first kappa shape index (κ1) is 13.0. The first-order valence-electron chi connectivity index (χ1n) is 5.54. The molecule has 15 heavy (non-hydrogen) atoms.